The van der Waals surface area contributed by atoms with Gasteiger partial charge in [0.1, 0.15) is 11.2 Å². The second kappa shape index (κ2) is 9.12. The monoisotopic (exact) mass is 394 g/mol. The molecule has 2 aromatic rings. The van der Waals surface area contributed by atoms with E-state index < -0.39 is 5.41 Å². The first-order chi connectivity index (χ1) is 14.0. The quantitative estimate of drug-likeness (QED) is 0.662. The molecule has 0 radical (unpaired) electrons. The summed E-state index contributed by atoms with van der Waals surface area (Å²) < 4.78 is 5.16. The highest BCUT2D eigenvalue weighted by molar-refractivity contribution is 6.07. The molecule has 1 aliphatic carbocycles. The third kappa shape index (κ3) is 4.97. The fourth-order valence-corrected chi connectivity index (χ4v) is 3.49. The molecule has 0 heterocycles. The van der Waals surface area contributed by atoms with Crippen molar-refractivity contribution in [2.75, 3.05) is 13.7 Å². The molecular formula is C24H30N2O3. The molecule has 0 aromatic heterocycles. The topological polar surface area (TPSA) is 58.6 Å². The van der Waals surface area contributed by atoms with Gasteiger partial charge in [0, 0.05) is 19.1 Å². The number of nitrogens with zero attached hydrogens (tertiary/aromatic N) is 1. The van der Waals surface area contributed by atoms with E-state index in [1.54, 1.807) is 7.11 Å². The number of amides is 2. The lowest BCUT2D eigenvalue weighted by Gasteiger charge is -2.30. The first-order valence-electron chi connectivity index (χ1n) is 10.2. The van der Waals surface area contributed by atoms with Crippen LogP contribution >= 0.6 is 0 Å². The van der Waals surface area contributed by atoms with Crippen molar-refractivity contribution in [1.82, 2.24) is 10.2 Å². The molecule has 0 aliphatic heterocycles. The maximum Gasteiger partial charge on any atom is 0.238 e. The first-order valence-corrected chi connectivity index (χ1v) is 10.2. The number of hydrogen-bond acceptors (Lipinski definition) is 3. The van der Waals surface area contributed by atoms with Gasteiger partial charge in [-0.1, -0.05) is 42.5 Å². The molecule has 0 spiro atoms. The fraction of sp³-hybridized carbons (Fsp3) is 0.417. The molecule has 5 nitrogen and oxygen atoms in total. The molecule has 0 atom stereocenters. The van der Waals surface area contributed by atoms with Crippen molar-refractivity contribution in [2.45, 2.75) is 45.7 Å². The minimum Gasteiger partial charge on any atom is -0.497 e. The molecule has 2 aromatic carbocycles. The number of carbonyl (C=O) groups excluding carboxylic acids is 2. The molecular weight excluding hydrogens is 364 g/mol. The second-order valence-corrected chi connectivity index (χ2v) is 7.95. The Kier molecular flexibility index (Phi) is 6.57. The third-order valence-corrected chi connectivity index (χ3v) is 5.53. The lowest BCUT2D eigenvalue weighted by Crippen LogP contribution is -2.47. The van der Waals surface area contributed by atoms with Gasteiger partial charge in [0.05, 0.1) is 7.11 Å². The average molecular weight is 395 g/mol. The third-order valence-electron chi connectivity index (χ3n) is 5.53. The summed E-state index contributed by atoms with van der Waals surface area (Å²) in [6, 6.07) is 17.8. The molecule has 5 heteroatoms. The molecule has 3 rings (SSSR count). The van der Waals surface area contributed by atoms with Gasteiger partial charge in [-0.05, 0) is 56.4 Å². The van der Waals surface area contributed by atoms with Crippen LogP contribution in [-0.4, -0.2) is 36.4 Å². The molecule has 0 saturated heterocycles. The zero-order valence-electron chi connectivity index (χ0n) is 17.5. The molecule has 1 saturated carbocycles. The summed E-state index contributed by atoms with van der Waals surface area (Å²) in [6.45, 7) is 5.04. The number of carbonyl (C=O) groups is 2. The van der Waals surface area contributed by atoms with E-state index in [2.05, 4.69) is 5.32 Å². The van der Waals surface area contributed by atoms with E-state index in [0.29, 0.717) is 25.9 Å². The van der Waals surface area contributed by atoms with Gasteiger partial charge >= 0.3 is 0 Å². The standard InChI is InChI=1S/C24H30N2O3/c1-18(2)26(17-20-7-5-4-6-8-20)23(28)24(14-15-24)22(27)25-16-13-19-9-11-21(29-3)12-10-19/h4-12,18H,13-17H2,1-3H3,(H,25,27). The Morgan fingerprint density at radius 1 is 1.03 bits per heavy atom. The van der Waals surface area contributed by atoms with Crippen LogP contribution in [0.5, 0.6) is 5.75 Å². The summed E-state index contributed by atoms with van der Waals surface area (Å²) in [5.41, 5.74) is 1.30. The highest BCUT2D eigenvalue weighted by Gasteiger charge is 2.58. The number of ether oxygens (including phenoxy) is 1. The van der Waals surface area contributed by atoms with Gasteiger partial charge in [-0.2, -0.15) is 0 Å². The summed E-state index contributed by atoms with van der Waals surface area (Å²) in [5.74, 6) is 0.612. The summed E-state index contributed by atoms with van der Waals surface area (Å²) >= 11 is 0. The van der Waals surface area contributed by atoms with Crippen molar-refractivity contribution in [1.29, 1.82) is 0 Å². The van der Waals surface area contributed by atoms with Crippen LogP contribution in [0.15, 0.2) is 54.6 Å². The Morgan fingerprint density at radius 2 is 1.69 bits per heavy atom. The lowest BCUT2D eigenvalue weighted by molar-refractivity contribution is -0.146. The Hall–Kier alpha value is -2.82. The predicted molar refractivity (Wildman–Crippen MR) is 114 cm³/mol. The predicted octanol–water partition coefficient (Wildman–Crippen LogP) is 3.57. The van der Waals surface area contributed by atoms with E-state index in [9.17, 15) is 9.59 Å². The van der Waals surface area contributed by atoms with Crippen LogP contribution in [0, 0.1) is 5.41 Å². The van der Waals surface area contributed by atoms with Gasteiger partial charge in [-0.15, -0.1) is 0 Å². The zero-order valence-corrected chi connectivity index (χ0v) is 17.5. The smallest absolute Gasteiger partial charge is 0.238 e. The van der Waals surface area contributed by atoms with Gasteiger partial charge in [-0.25, -0.2) is 0 Å². The van der Waals surface area contributed by atoms with Crippen molar-refractivity contribution in [3.63, 3.8) is 0 Å². The highest BCUT2D eigenvalue weighted by atomic mass is 16.5. The van der Waals surface area contributed by atoms with Gasteiger partial charge < -0.3 is 15.0 Å². The Morgan fingerprint density at radius 3 is 2.24 bits per heavy atom. The van der Waals surface area contributed by atoms with Crippen molar-refractivity contribution >= 4 is 11.8 Å². The Bertz CT molecular complexity index is 827. The van der Waals surface area contributed by atoms with E-state index >= 15 is 0 Å². The number of benzene rings is 2. The molecule has 154 valence electrons. The first kappa shape index (κ1) is 20.9. The summed E-state index contributed by atoms with van der Waals surface area (Å²) in [5, 5.41) is 2.98. The van der Waals surface area contributed by atoms with Crippen LogP contribution in [0.2, 0.25) is 0 Å². The molecule has 1 N–H and O–H groups in total. The summed E-state index contributed by atoms with van der Waals surface area (Å²) in [6.07, 6.45) is 1.97. The highest BCUT2D eigenvalue weighted by Crippen LogP contribution is 2.48. The van der Waals surface area contributed by atoms with E-state index in [-0.39, 0.29) is 17.9 Å². The van der Waals surface area contributed by atoms with Gasteiger partial charge in [0.15, 0.2) is 0 Å². The number of nitrogens with one attached hydrogen (secondary N) is 1. The zero-order chi connectivity index (χ0) is 20.9. The van der Waals surface area contributed by atoms with Gasteiger partial charge in [0.2, 0.25) is 11.8 Å². The van der Waals surface area contributed by atoms with Crippen LogP contribution < -0.4 is 10.1 Å². The number of hydrogen-bond donors (Lipinski definition) is 1. The molecule has 2 amide bonds. The Balaban J connectivity index is 1.59. The molecule has 1 fully saturated rings. The average Bonchev–Trinajstić information content (AvgIpc) is 3.55. The Labute approximate surface area is 173 Å². The fourth-order valence-electron chi connectivity index (χ4n) is 3.49. The largest absolute Gasteiger partial charge is 0.497 e. The van der Waals surface area contributed by atoms with Crippen LogP contribution in [0.4, 0.5) is 0 Å². The van der Waals surface area contributed by atoms with Crippen molar-refractivity contribution < 1.29 is 14.3 Å². The summed E-state index contributed by atoms with van der Waals surface area (Å²) in [7, 11) is 1.64. The van der Waals surface area contributed by atoms with Crippen molar-refractivity contribution in [3.05, 3.63) is 65.7 Å². The lowest BCUT2D eigenvalue weighted by atomic mass is 10.0. The van der Waals surface area contributed by atoms with Crippen molar-refractivity contribution in [3.8, 4) is 5.75 Å². The van der Waals surface area contributed by atoms with E-state index in [4.69, 9.17) is 4.74 Å². The minimum atomic E-state index is -0.890. The second-order valence-electron chi connectivity index (χ2n) is 7.95. The maximum absolute atomic E-state index is 13.3. The number of rotatable bonds is 9. The minimum absolute atomic E-state index is 0.0345. The molecule has 0 bridgehead atoms. The molecule has 0 unspecified atom stereocenters. The molecule has 29 heavy (non-hydrogen) atoms. The number of methoxy groups -OCH3 is 1. The maximum atomic E-state index is 13.3. The van der Waals surface area contributed by atoms with Crippen LogP contribution in [0.3, 0.4) is 0 Å². The van der Waals surface area contributed by atoms with Crippen LogP contribution in [-0.2, 0) is 22.6 Å². The van der Waals surface area contributed by atoms with E-state index in [0.717, 1.165) is 23.3 Å². The van der Waals surface area contributed by atoms with Crippen LogP contribution in [0.1, 0.15) is 37.8 Å². The normalized spacial score (nSPS) is 14.3. The van der Waals surface area contributed by atoms with Gasteiger partial charge in [0.25, 0.3) is 0 Å². The van der Waals surface area contributed by atoms with E-state index in [1.165, 1.54) is 0 Å². The van der Waals surface area contributed by atoms with E-state index in [1.807, 2.05) is 73.3 Å². The summed E-state index contributed by atoms with van der Waals surface area (Å²) in [4.78, 5) is 28.0. The van der Waals surface area contributed by atoms with Crippen LogP contribution in [0.25, 0.3) is 0 Å². The van der Waals surface area contributed by atoms with Gasteiger partial charge in [-0.3, -0.25) is 9.59 Å². The molecule has 1 aliphatic rings. The van der Waals surface area contributed by atoms with Crippen molar-refractivity contribution in [2.24, 2.45) is 5.41 Å². The SMILES string of the molecule is COc1ccc(CCNC(=O)C2(C(=O)N(Cc3ccccc3)C(C)C)CC2)cc1.